The quantitative estimate of drug-likeness (QED) is 0.775. The van der Waals surface area contributed by atoms with E-state index in [2.05, 4.69) is 6.92 Å². The van der Waals surface area contributed by atoms with Gasteiger partial charge in [-0.1, -0.05) is 20.3 Å². The average molecular weight is 220 g/mol. The number of aliphatic hydroxyl groups is 1. The zero-order valence-corrected chi connectivity index (χ0v) is 9.81. The van der Waals surface area contributed by atoms with Crippen LogP contribution in [-0.4, -0.2) is 31.6 Å². The summed E-state index contributed by atoms with van der Waals surface area (Å²) in [5, 5.41) is 9.35. The molecule has 0 amide bonds. The second-order valence-corrected chi connectivity index (χ2v) is 6.89. The maximum atomic E-state index is 11.3. The first-order chi connectivity index (χ1) is 6.43. The van der Waals surface area contributed by atoms with Crippen LogP contribution in [0, 0.1) is 11.3 Å². The van der Waals surface area contributed by atoms with Gasteiger partial charge in [0.15, 0.2) is 9.84 Å². The van der Waals surface area contributed by atoms with Gasteiger partial charge in [-0.2, -0.15) is 0 Å². The maximum absolute atomic E-state index is 11.3. The fourth-order valence-corrected chi connectivity index (χ4v) is 4.32. The molecule has 0 aromatic rings. The van der Waals surface area contributed by atoms with Crippen molar-refractivity contribution < 1.29 is 13.5 Å². The number of hydrogen-bond donors (Lipinski definition) is 1. The van der Waals surface area contributed by atoms with Crippen LogP contribution in [0.3, 0.4) is 0 Å². The normalized spacial score (nSPS) is 30.1. The molecule has 84 valence electrons. The van der Waals surface area contributed by atoms with Crippen LogP contribution in [0.25, 0.3) is 0 Å². The first-order valence-electron chi connectivity index (χ1n) is 5.25. The first-order valence-corrected chi connectivity index (χ1v) is 7.07. The second-order valence-electron chi connectivity index (χ2n) is 4.66. The van der Waals surface area contributed by atoms with Crippen LogP contribution in [0.4, 0.5) is 0 Å². The Labute approximate surface area is 86.4 Å². The highest BCUT2D eigenvalue weighted by Gasteiger charge is 2.40. The third-order valence-electron chi connectivity index (χ3n) is 3.40. The highest BCUT2D eigenvalue weighted by molar-refractivity contribution is 7.91. The standard InChI is InChI=1S/C10H20O3S/c1-3-5-10(2,8-11)9-4-6-14(12,13)7-9/h9,11H,3-8H2,1-2H3. The third kappa shape index (κ3) is 2.48. The van der Waals surface area contributed by atoms with Crippen LogP contribution in [0.2, 0.25) is 0 Å². The smallest absolute Gasteiger partial charge is 0.150 e. The molecule has 0 radical (unpaired) electrons. The first kappa shape index (κ1) is 12.0. The molecule has 2 atom stereocenters. The van der Waals surface area contributed by atoms with Crippen molar-refractivity contribution >= 4 is 9.84 Å². The minimum absolute atomic E-state index is 0.0982. The summed E-state index contributed by atoms with van der Waals surface area (Å²) in [7, 11) is -2.82. The van der Waals surface area contributed by atoms with Crippen LogP contribution in [0.1, 0.15) is 33.1 Å². The van der Waals surface area contributed by atoms with Gasteiger partial charge in [-0.25, -0.2) is 8.42 Å². The molecule has 2 unspecified atom stereocenters. The third-order valence-corrected chi connectivity index (χ3v) is 5.17. The van der Waals surface area contributed by atoms with Crippen molar-refractivity contribution in [3.05, 3.63) is 0 Å². The number of sulfone groups is 1. The number of hydrogen-bond acceptors (Lipinski definition) is 3. The fraction of sp³-hybridized carbons (Fsp3) is 1.00. The number of aliphatic hydroxyl groups excluding tert-OH is 1. The monoisotopic (exact) mass is 220 g/mol. The molecule has 0 aromatic heterocycles. The van der Waals surface area contributed by atoms with E-state index in [0.29, 0.717) is 5.75 Å². The predicted octanol–water partition coefficient (Wildman–Crippen LogP) is 1.22. The summed E-state index contributed by atoms with van der Waals surface area (Å²) in [4.78, 5) is 0. The van der Waals surface area contributed by atoms with Gasteiger partial charge >= 0.3 is 0 Å². The van der Waals surface area contributed by atoms with Gasteiger partial charge in [-0.3, -0.25) is 0 Å². The summed E-state index contributed by atoms with van der Waals surface area (Å²) in [6, 6.07) is 0. The molecule has 0 saturated carbocycles. The molecule has 0 aromatic carbocycles. The molecule has 1 aliphatic heterocycles. The summed E-state index contributed by atoms with van der Waals surface area (Å²) in [6.45, 7) is 4.17. The van der Waals surface area contributed by atoms with Gasteiger partial charge in [0.05, 0.1) is 11.5 Å². The Hall–Kier alpha value is -0.0900. The minimum atomic E-state index is -2.82. The highest BCUT2D eigenvalue weighted by atomic mass is 32.2. The van der Waals surface area contributed by atoms with Crippen LogP contribution < -0.4 is 0 Å². The van der Waals surface area contributed by atoms with Gasteiger partial charge in [0, 0.05) is 6.61 Å². The molecular formula is C10H20O3S. The van der Waals surface area contributed by atoms with Crippen LogP contribution >= 0.6 is 0 Å². The summed E-state index contributed by atoms with van der Waals surface area (Å²) in [6.07, 6.45) is 2.62. The Morgan fingerprint density at radius 1 is 1.50 bits per heavy atom. The average Bonchev–Trinajstić information content (AvgIpc) is 2.47. The van der Waals surface area contributed by atoms with Crippen molar-refractivity contribution in [2.24, 2.45) is 11.3 Å². The molecular weight excluding hydrogens is 200 g/mol. The Morgan fingerprint density at radius 3 is 2.50 bits per heavy atom. The lowest BCUT2D eigenvalue weighted by Gasteiger charge is -2.32. The van der Waals surface area contributed by atoms with E-state index >= 15 is 0 Å². The van der Waals surface area contributed by atoms with Gasteiger partial charge in [-0.15, -0.1) is 0 Å². The highest BCUT2D eigenvalue weighted by Crippen LogP contribution is 2.38. The van der Waals surface area contributed by atoms with Gasteiger partial charge in [-0.05, 0) is 24.2 Å². The summed E-state index contributed by atoms with van der Waals surface area (Å²) < 4.78 is 22.7. The zero-order chi connectivity index (χ0) is 10.8. The van der Waals surface area contributed by atoms with Gasteiger partial charge in [0.25, 0.3) is 0 Å². The van der Waals surface area contributed by atoms with E-state index < -0.39 is 9.84 Å². The van der Waals surface area contributed by atoms with Crippen LogP contribution in [0.15, 0.2) is 0 Å². The summed E-state index contributed by atoms with van der Waals surface area (Å²) >= 11 is 0. The minimum Gasteiger partial charge on any atom is -0.396 e. The lowest BCUT2D eigenvalue weighted by Crippen LogP contribution is -2.32. The molecule has 1 heterocycles. The molecule has 4 heteroatoms. The van der Waals surface area contributed by atoms with Crippen LogP contribution in [0.5, 0.6) is 0 Å². The molecule has 0 aliphatic carbocycles. The van der Waals surface area contributed by atoms with Gasteiger partial charge in [0.2, 0.25) is 0 Å². The maximum Gasteiger partial charge on any atom is 0.150 e. The molecule has 3 nitrogen and oxygen atoms in total. The van der Waals surface area contributed by atoms with Crippen molar-refractivity contribution in [3.8, 4) is 0 Å². The molecule has 0 spiro atoms. The molecule has 1 fully saturated rings. The molecule has 0 bridgehead atoms. The molecule has 1 saturated heterocycles. The van der Waals surface area contributed by atoms with E-state index in [-0.39, 0.29) is 23.7 Å². The SMILES string of the molecule is CCCC(C)(CO)C1CCS(=O)(=O)C1. The Morgan fingerprint density at radius 2 is 2.14 bits per heavy atom. The molecule has 14 heavy (non-hydrogen) atoms. The van der Waals surface area contributed by atoms with Crippen molar-refractivity contribution in [2.45, 2.75) is 33.1 Å². The van der Waals surface area contributed by atoms with E-state index in [1.807, 2.05) is 6.92 Å². The Kier molecular flexibility index (Phi) is 3.58. The van der Waals surface area contributed by atoms with Crippen molar-refractivity contribution in [3.63, 3.8) is 0 Å². The summed E-state index contributed by atoms with van der Waals surface area (Å²) in [5.41, 5.74) is -0.196. The van der Waals surface area contributed by atoms with E-state index in [1.165, 1.54) is 0 Å². The second kappa shape index (κ2) is 4.19. The largest absolute Gasteiger partial charge is 0.396 e. The molecule has 1 N–H and O–H groups in total. The van der Waals surface area contributed by atoms with Crippen molar-refractivity contribution in [1.82, 2.24) is 0 Å². The van der Waals surface area contributed by atoms with Crippen molar-refractivity contribution in [1.29, 1.82) is 0 Å². The van der Waals surface area contributed by atoms with Crippen molar-refractivity contribution in [2.75, 3.05) is 18.1 Å². The number of rotatable bonds is 4. The Balaban J connectivity index is 2.72. The lowest BCUT2D eigenvalue weighted by molar-refractivity contribution is 0.0795. The lowest BCUT2D eigenvalue weighted by atomic mass is 9.74. The predicted molar refractivity (Wildman–Crippen MR) is 56.9 cm³/mol. The van der Waals surface area contributed by atoms with Gasteiger partial charge < -0.3 is 5.11 Å². The molecule has 1 rings (SSSR count). The molecule has 1 aliphatic rings. The Bertz CT molecular complexity index is 284. The summed E-state index contributed by atoms with van der Waals surface area (Å²) in [5.74, 6) is 0.721. The van der Waals surface area contributed by atoms with Gasteiger partial charge in [0.1, 0.15) is 0 Å². The van der Waals surface area contributed by atoms with Crippen LogP contribution in [-0.2, 0) is 9.84 Å². The van der Waals surface area contributed by atoms with E-state index in [1.54, 1.807) is 0 Å². The topological polar surface area (TPSA) is 54.4 Å². The fourth-order valence-electron chi connectivity index (χ4n) is 2.33. The van der Waals surface area contributed by atoms with E-state index in [9.17, 15) is 13.5 Å². The van der Waals surface area contributed by atoms with E-state index in [4.69, 9.17) is 0 Å². The van der Waals surface area contributed by atoms with E-state index in [0.717, 1.165) is 19.3 Å². The zero-order valence-electron chi connectivity index (χ0n) is 8.99.